The Balaban J connectivity index is 2.20. The van der Waals surface area contributed by atoms with Crippen LogP contribution >= 0.6 is 0 Å². The van der Waals surface area contributed by atoms with Gasteiger partial charge in [-0.15, -0.1) is 0 Å². The van der Waals surface area contributed by atoms with Crippen LogP contribution in [0.4, 0.5) is 5.69 Å². The molecule has 3 rings (SSSR count). The Bertz CT molecular complexity index is 1040. The summed E-state index contributed by atoms with van der Waals surface area (Å²) >= 11 is 0. The summed E-state index contributed by atoms with van der Waals surface area (Å²) < 4.78 is 10.4. The molecule has 156 valence electrons. The third-order valence-electron chi connectivity index (χ3n) is 4.83. The van der Waals surface area contributed by atoms with Crippen LogP contribution < -0.4 is 0 Å². The number of para-hydroxylation sites is 1. The highest BCUT2D eigenvalue weighted by Gasteiger charge is 2.40. The van der Waals surface area contributed by atoms with Crippen LogP contribution in [0.3, 0.4) is 0 Å². The summed E-state index contributed by atoms with van der Waals surface area (Å²) in [6.07, 6.45) is 1.74. The lowest BCUT2D eigenvalue weighted by atomic mass is 9.80. The summed E-state index contributed by atoms with van der Waals surface area (Å²) in [5.41, 5.74) is 2.02. The van der Waals surface area contributed by atoms with E-state index in [-0.39, 0.29) is 18.9 Å². The van der Waals surface area contributed by atoms with E-state index in [1.807, 2.05) is 24.3 Å². The first kappa shape index (κ1) is 21.0. The molecule has 0 fully saturated rings. The molecule has 1 aromatic heterocycles. The normalized spacial score (nSPS) is 12.0. The molecular formula is C22H22N2O6. The van der Waals surface area contributed by atoms with Gasteiger partial charge in [-0.2, -0.15) is 0 Å². The van der Waals surface area contributed by atoms with Crippen LogP contribution in [0.15, 0.2) is 54.7 Å². The average Bonchev–Trinajstić information content (AvgIpc) is 3.16. The lowest BCUT2D eigenvalue weighted by Gasteiger charge is -2.24. The molecule has 0 bridgehead atoms. The number of H-pyrrole nitrogens is 1. The minimum absolute atomic E-state index is 0.0831. The van der Waals surface area contributed by atoms with Crippen molar-refractivity contribution in [3.63, 3.8) is 0 Å². The molecule has 0 aliphatic heterocycles. The number of nitrogens with zero attached hydrogens (tertiary/aromatic N) is 1. The van der Waals surface area contributed by atoms with Crippen molar-refractivity contribution in [1.29, 1.82) is 0 Å². The number of rotatable bonds is 8. The highest BCUT2D eigenvalue weighted by atomic mass is 16.6. The standard InChI is InChI=1S/C22H22N2O6/c1-3-29-21(25)20(22(26)30-4-2)19(14-9-11-15(12-10-14)24(27)28)17-13-23-18-8-6-5-7-16(17)18/h5-13,19-20,23H,3-4H2,1-2H3/t19-/m0/s1. The molecule has 0 saturated carbocycles. The van der Waals surface area contributed by atoms with Crippen LogP contribution in [0.5, 0.6) is 0 Å². The maximum absolute atomic E-state index is 12.8. The number of benzene rings is 2. The van der Waals surface area contributed by atoms with Crippen LogP contribution in [0.2, 0.25) is 0 Å². The number of esters is 2. The molecule has 3 aromatic rings. The molecule has 0 unspecified atom stereocenters. The summed E-state index contributed by atoms with van der Waals surface area (Å²) in [5.74, 6) is -3.42. The zero-order valence-electron chi connectivity index (χ0n) is 16.7. The van der Waals surface area contributed by atoms with Gasteiger partial charge in [0.2, 0.25) is 0 Å². The summed E-state index contributed by atoms with van der Waals surface area (Å²) in [4.78, 5) is 39.4. The first-order chi connectivity index (χ1) is 14.5. The number of carbonyl (C=O) groups excluding carboxylic acids is 2. The molecule has 0 amide bonds. The van der Waals surface area contributed by atoms with Gasteiger partial charge in [0.25, 0.3) is 5.69 Å². The van der Waals surface area contributed by atoms with Gasteiger partial charge in [-0.3, -0.25) is 19.7 Å². The number of non-ortho nitro benzene ring substituents is 1. The van der Waals surface area contributed by atoms with E-state index in [0.717, 1.165) is 10.9 Å². The molecule has 1 heterocycles. The van der Waals surface area contributed by atoms with Gasteiger partial charge in [0, 0.05) is 35.2 Å². The largest absolute Gasteiger partial charge is 0.465 e. The molecule has 0 aliphatic carbocycles. The number of carbonyl (C=O) groups is 2. The van der Waals surface area contributed by atoms with Crippen LogP contribution in [-0.2, 0) is 19.1 Å². The molecule has 1 atom stereocenters. The van der Waals surface area contributed by atoms with Gasteiger partial charge < -0.3 is 14.5 Å². The summed E-state index contributed by atoms with van der Waals surface area (Å²) in [6, 6.07) is 13.3. The van der Waals surface area contributed by atoms with E-state index >= 15 is 0 Å². The molecule has 8 heteroatoms. The summed E-state index contributed by atoms with van der Waals surface area (Å²) in [7, 11) is 0. The fourth-order valence-electron chi connectivity index (χ4n) is 3.54. The highest BCUT2D eigenvalue weighted by molar-refractivity contribution is 5.98. The van der Waals surface area contributed by atoms with E-state index in [2.05, 4.69) is 4.98 Å². The Morgan fingerprint density at radius 2 is 1.60 bits per heavy atom. The number of aromatic nitrogens is 1. The Labute approximate surface area is 173 Å². The van der Waals surface area contributed by atoms with Crippen molar-refractivity contribution in [2.75, 3.05) is 13.2 Å². The monoisotopic (exact) mass is 410 g/mol. The van der Waals surface area contributed by atoms with E-state index in [1.54, 1.807) is 32.2 Å². The van der Waals surface area contributed by atoms with Gasteiger partial charge >= 0.3 is 11.9 Å². The predicted molar refractivity (Wildman–Crippen MR) is 110 cm³/mol. The first-order valence-corrected chi connectivity index (χ1v) is 9.61. The van der Waals surface area contributed by atoms with E-state index in [9.17, 15) is 19.7 Å². The number of nitro benzene ring substituents is 1. The third-order valence-corrected chi connectivity index (χ3v) is 4.83. The second-order valence-corrected chi connectivity index (χ2v) is 6.60. The smallest absolute Gasteiger partial charge is 0.321 e. The van der Waals surface area contributed by atoms with Gasteiger partial charge in [0.05, 0.1) is 18.1 Å². The Morgan fingerprint density at radius 1 is 1.00 bits per heavy atom. The zero-order valence-corrected chi connectivity index (χ0v) is 16.7. The van der Waals surface area contributed by atoms with Crippen molar-refractivity contribution in [2.45, 2.75) is 19.8 Å². The van der Waals surface area contributed by atoms with E-state index < -0.39 is 28.7 Å². The van der Waals surface area contributed by atoms with Gasteiger partial charge in [-0.25, -0.2) is 0 Å². The number of hydrogen-bond acceptors (Lipinski definition) is 6. The van der Waals surface area contributed by atoms with Crippen molar-refractivity contribution in [3.05, 3.63) is 76.0 Å². The lowest BCUT2D eigenvalue weighted by molar-refractivity contribution is -0.384. The number of nitrogens with one attached hydrogen (secondary N) is 1. The Hall–Kier alpha value is -3.68. The molecule has 0 spiro atoms. The molecule has 30 heavy (non-hydrogen) atoms. The number of fused-ring (bicyclic) bond motifs is 1. The molecule has 0 aliphatic rings. The second kappa shape index (κ2) is 9.21. The predicted octanol–water partition coefficient (Wildman–Crippen LogP) is 3.95. The maximum Gasteiger partial charge on any atom is 0.321 e. The van der Waals surface area contributed by atoms with E-state index in [4.69, 9.17) is 9.47 Å². The first-order valence-electron chi connectivity index (χ1n) is 9.61. The van der Waals surface area contributed by atoms with Crippen molar-refractivity contribution in [2.24, 2.45) is 5.92 Å². The van der Waals surface area contributed by atoms with Gasteiger partial charge in [-0.1, -0.05) is 30.3 Å². The van der Waals surface area contributed by atoms with E-state index in [1.165, 1.54) is 12.1 Å². The van der Waals surface area contributed by atoms with Crippen LogP contribution in [0, 0.1) is 16.0 Å². The molecular weight excluding hydrogens is 388 g/mol. The second-order valence-electron chi connectivity index (χ2n) is 6.60. The lowest BCUT2D eigenvalue weighted by Crippen LogP contribution is -2.34. The molecule has 8 nitrogen and oxygen atoms in total. The Morgan fingerprint density at radius 3 is 2.17 bits per heavy atom. The topological polar surface area (TPSA) is 112 Å². The third kappa shape index (κ3) is 4.17. The number of nitro groups is 1. The molecule has 1 N–H and O–H groups in total. The number of hydrogen-bond donors (Lipinski definition) is 1. The van der Waals surface area contributed by atoms with Crippen LogP contribution in [-0.4, -0.2) is 35.1 Å². The summed E-state index contributed by atoms with van der Waals surface area (Å²) in [6.45, 7) is 3.53. The number of ether oxygens (including phenoxy) is 2. The molecule has 0 saturated heterocycles. The maximum atomic E-state index is 12.8. The fraction of sp³-hybridized carbons (Fsp3) is 0.273. The van der Waals surface area contributed by atoms with Crippen molar-refractivity contribution in [1.82, 2.24) is 4.98 Å². The van der Waals surface area contributed by atoms with E-state index in [0.29, 0.717) is 11.1 Å². The van der Waals surface area contributed by atoms with Gasteiger partial charge in [0.1, 0.15) is 0 Å². The van der Waals surface area contributed by atoms with Crippen molar-refractivity contribution < 1.29 is 24.0 Å². The zero-order chi connectivity index (χ0) is 21.7. The minimum Gasteiger partial charge on any atom is -0.465 e. The average molecular weight is 410 g/mol. The fourth-order valence-corrected chi connectivity index (χ4v) is 3.54. The van der Waals surface area contributed by atoms with Gasteiger partial charge in [-0.05, 0) is 31.0 Å². The van der Waals surface area contributed by atoms with Crippen molar-refractivity contribution in [3.8, 4) is 0 Å². The van der Waals surface area contributed by atoms with Crippen molar-refractivity contribution >= 4 is 28.5 Å². The van der Waals surface area contributed by atoms with Gasteiger partial charge in [0.15, 0.2) is 5.92 Å². The number of aromatic amines is 1. The minimum atomic E-state index is -1.26. The quantitative estimate of drug-likeness (QED) is 0.260. The van der Waals surface area contributed by atoms with Crippen LogP contribution in [0.25, 0.3) is 10.9 Å². The highest BCUT2D eigenvalue weighted by Crippen LogP contribution is 2.38. The van der Waals surface area contributed by atoms with Crippen LogP contribution in [0.1, 0.15) is 30.9 Å². The SMILES string of the molecule is CCOC(=O)C(C(=O)OCC)[C@@H](c1ccc([N+](=O)[O-])cc1)c1c[nH]c2ccccc12. The molecule has 2 aromatic carbocycles. The molecule has 0 radical (unpaired) electrons. The summed E-state index contributed by atoms with van der Waals surface area (Å²) in [5, 5.41) is 11.9. The Kier molecular flexibility index (Phi) is 6.46.